The molecule has 3 unspecified atom stereocenters. The van der Waals surface area contributed by atoms with Gasteiger partial charge in [-0.25, -0.2) is 0 Å². The number of nitrogens with one attached hydrogen (secondary N) is 1. The van der Waals surface area contributed by atoms with Gasteiger partial charge in [0.15, 0.2) is 17.5 Å². The Balaban J connectivity index is 1.98. The Hall–Kier alpha value is -2.45. The maximum atomic E-state index is 13.0. The smallest absolute Gasteiger partial charge is 0.224 e. The molecule has 31 heavy (non-hydrogen) atoms. The number of hydrogen-bond acceptors (Lipinski definition) is 5. The minimum Gasteiger partial charge on any atom is -0.370 e. The molecule has 0 aromatic heterocycles. The quantitative estimate of drug-likeness (QED) is 0.161. The second kappa shape index (κ2) is 12.4. The molecule has 1 saturated carbocycles. The number of alkyl halides is 1. The van der Waals surface area contributed by atoms with Crippen LogP contribution < -0.4 is 22.5 Å². The van der Waals surface area contributed by atoms with E-state index in [0.717, 1.165) is 12.0 Å². The van der Waals surface area contributed by atoms with Gasteiger partial charge in [-0.05, 0) is 37.7 Å². The van der Waals surface area contributed by atoms with Crippen molar-refractivity contribution < 1.29 is 14.4 Å². The maximum Gasteiger partial charge on any atom is 0.224 e. The van der Waals surface area contributed by atoms with Crippen LogP contribution in [0.4, 0.5) is 0 Å². The summed E-state index contributed by atoms with van der Waals surface area (Å²) in [5, 5.41) is 2.79. The molecule has 8 nitrogen and oxygen atoms in total. The highest BCUT2D eigenvalue weighted by molar-refractivity contribution is 6.28. The number of guanidine groups is 1. The summed E-state index contributed by atoms with van der Waals surface area (Å²) in [6, 6.07) is 8.17. The molecule has 0 aliphatic heterocycles. The summed E-state index contributed by atoms with van der Waals surface area (Å²) in [7, 11) is 0. The van der Waals surface area contributed by atoms with Gasteiger partial charge in [0, 0.05) is 18.4 Å². The summed E-state index contributed by atoms with van der Waals surface area (Å²) in [5.41, 5.74) is 17.8. The number of ketones is 2. The fraction of sp³-hybridized carbons (Fsp3) is 0.545. The molecule has 9 heteroatoms. The average Bonchev–Trinajstić information content (AvgIpc) is 3.25. The second-order valence-electron chi connectivity index (χ2n) is 7.95. The third-order valence-electron chi connectivity index (χ3n) is 5.66. The Morgan fingerprint density at radius 2 is 1.81 bits per heavy atom. The number of amides is 1. The van der Waals surface area contributed by atoms with Gasteiger partial charge in [-0.15, -0.1) is 11.6 Å². The SMILES string of the molecule is NC(N)=NCCCC(NC(=O)C1CCCC1C(=O)[C@@H](N)Cc1ccccc1)C(=O)CCl. The maximum absolute atomic E-state index is 13.0. The number of hydrogen-bond donors (Lipinski definition) is 4. The molecule has 4 atom stereocenters. The van der Waals surface area contributed by atoms with Crippen LogP contribution >= 0.6 is 11.6 Å². The molecule has 7 N–H and O–H groups in total. The molecule has 0 radical (unpaired) electrons. The third kappa shape index (κ3) is 7.63. The van der Waals surface area contributed by atoms with Crippen molar-refractivity contribution in [1.82, 2.24) is 5.32 Å². The fourth-order valence-corrected chi connectivity index (χ4v) is 4.23. The lowest BCUT2D eigenvalue weighted by Crippen LogP contribution is -2.47. The lowest BCUT2D eigenvalue weighted by Gasteiger charge is -2.24. The van der Waals surface area contributed by atoms with Crippen LogP contribution in [0.5, 0.6) is 0 Å². The van der Waals surface area contributed by atoms with Gasteiger partial charge in [0.1, 0.15) is 0 Å². The lowest BCUT2D eigenvalue weighted by molar-refractivity contribution is -0.134. The average molecular weight is 450 g/mol. The molecule has 0 spiro atoms. The molecular formula is C22H32ClN5O3. The van der Waals surface area contributed by atoms with E-state index < -0.39 is 23.9 Å². The van der Waals surface area contributed by atoms with Gasteiger partial charge < -0.3 is 22.5 Å². The van der Waals surface area contributed by atoms with E-state index in [2.05, 4.69) is 10.3 Å². The normalized spacial score (nSPS) is 19.9. The van der Waals surface area contributed by atoms with Gasteiger partial charge in [0.2, 0.25) is 5.91 Å². The Morgan fingerprint density at radius 1 is 1.13 bits per heavy atom. The molecule has 1 fully saturated rings. The van der Waals surface area contributed by atoms with Gasteiger partial charge in [-0.2, -0.15) is 0 Å². The molecule has 1 aromatic carbocycles. The Kier molecular flexibility index (Phi) is 9.94. The van der Waals surface area contributed by atoms with E-state index in [1.165, 1.54) is 0 Å². The van der Waals surface area contributed by atoms with E-state index in [0.29, 0.717) is 38.6 Å². The zero-order chi connectivity index (χ0) is 22.8. The number of halogens is 1. The number of carbonyl (C=O) groups excluding carboxylic acids is 3. The van der Waals surface area contributed by atoms with E-state index in [1.807, 2.05) is 30.3 Å². The van der Waals surface area contributed by atoms with Gasteiger partial charge in [-0.1, -0.05) is 36.8 Å². The highest BCUT2D eigenvalue weighted by Crippen LogP contribution is 2.33. The molecule has 1 aliphatic carbocycles. The summed E-state index contributed by atoms with van der Waals surface area (Å²) in [6.45, 7) is 0.350. The summed E-state index contributed by atoms with van der Waals surface area (Å²) in [4.78, 5) is 42.0. The van der Waals surface area contributed by atoms with Crippen molar-refractivity contribution >= 4 is 35.0 Å². The second-order valence-corrected chi connectivity index (χ2v) is 8.22. The van der Waals surface area contributed by atoms with Gasteiger partial charge in [0.05, 0.1) is 18.0 Å². The molecule has 170 valence electrons. The molecule has 2 rings (SSSR count). The van der Waals surface area contributed by atoms with Crippen LogP contribution in [0.15, 0.2) is 35.3 Å². The van der Waals surface area contributed by atoms with Crippen LogP contribution in [0, 0.1) is 11.8 Å². The first-order chi connectivity index (χ1) is 14.8. The summed E-state index contributed by atoms with van der Waals surface area (Å²) < 4.78 is 0. The molecule has 1 aliphatic rings. The largest absolute Gasteiger partial charge is 0.370 e. The van der Waals surface area contributed by atoms with E-state index in [1.54, 1.807) is 0 Å². The van der Waals surface area contributed by atoms with Crippen molar-refractivity contribution in [1.29, 1.82) is 0 Å². The number of Topliss-reactive ketones (excluding diaryl/α,β-unsaturated/α-hetero) is 2. The zero-order valence-corrected chi connectivity index (χ0v) is 18.4. The Bertz CT molecular complexity index is 783. The molecule has 0 heterocycles. The molecule has 1 aromatic rings. The summed E-state index contributed by atoms with van der Waals surface area (Å²) >= 11 is 5.71. The zero-order valence-electron chi connectivity index (χ0n) is 17.6. The lowest BCUT2D eigenvalue weighted by atomic mass is 9.86. The summed E-state index contributed by atoms with van der Waals surface area (Å²) in [5.74, 6) is -1.83. The van der Waals surface area contributed by atoms with Crippen LogP contribution in [0.1, 0.15) is 37.7 Å². The van der Waals surface area contributed by atoms with Crippen molar-refractivity contribution in [3.63, 3.8) is 0 Å². The first-order valence-electron chi connectivity index (χ1n) is 10.6. The number of benzene rings is 1. The van der Waals surface area contributed by atoms with Gasteiger partial charge in [0.25, 0.3) is 0 Å². The molecule has 1 amide bonds. The fourth-order valence-electron chi connectivity index (χ4n) is 4.05. The van der Waals surface area contributed by atoms with E-state index in [-0.39, 0.29) is 29.3 Å². The summed E-state index contributed by atoms with van der Waals surface area (Å²) in [6.07, 6.45) is 3.30. The minimum absolute atomic E-state index is 0.0246. The van der Waals surface area contributed by atoms with Crippen LogP contribution in [0.25, 0.3) is 0 Å². The standard InChI is InChI=1S/C22H32ClN5O3/c23-13-19(29)18(10-5-11-27-22(25)26)28-21(31)16-9-4-8-15(16)20(30)17(24)12-14-6-2-1-3-7-14/h1-3,6-7,15-18H,4-5,8-13,24H2,(H,28,31)(H4,25,26,27)/t15?,16?,17-,18?/m0/s1. The predicted molar refractivity (Wildman–Crippen MR) is 122 cm³/mol. The van der Waals surface area contributed by atoms with Gasteiger partial charge in [-0.3, -0.25) is 19.4 Å². The minimum atomic E-state index is -0.728. The number of nitrogens with two attached hydrogens (primary N) is 3. The topological polar surface area (TPSA) is 154 Å². The van der Waals surface area contributed by atoms with Crippen molar-refractivity contribution in [2.45, 2.75) is 50.6 Å². The highest BCUT2D eigenvalue weighted by Gasteiger charge is 2.40. The monoisotopic (exact) mass is 449 g/mol. The molecule has 0 bridgehead atoms. The number of nitrogens with zero attached hydrogens (tertiary/aromatic N) is 1. The van der Waals surface area contributed by atoms with E-state index in [4.69, 9.17) is 28.8 Å². The van der Waals surface area contributed by atoms with Crippen molar-refractivity contribution in [3.8, 4) is 0 Å². The molecular weight excluding hydrogens is 418 g/mol. The number of rotatable bonds is 12. The van der Waals surface area contributed by atoms with Crippen LogP contribution in [-0.2, 0) is 20.8 Å². The van der Waals surface area contributed by atoms with Crippen molar-refractivity contribution in [3.05, 3.63) is 35.9 Å². The van der Waals surface area contributed by atoms with Crippen molar-refractivity contribution in [2.75, 3.05) is 12.4 Å². The van der Waals surface area contributed by atoms with E-state index in [9.17, 15) is 14.4 Å². The predicted octanol–water partition coefficient (Wildman–Crippen LogP) is 0.888. The Morgan fingerprint density at radius 3 is 2.45 bits per heavy atom. The first kappa shape index (κ1) is 24.8. The Labute approximate surface area is 188 Å². The van der Waals surface area contributed by atoms with Crippen LogP contribution in [-0.4, -0.2) is 47.9 Å². The van der Waals surface area contributed by atoms with Crippen LogP contribution in [0.2, 0.25) is 0 Å². The van der Waals surface area contributed by atoms with Crippen LogP contribution in [0.3, 0.4) is 0 Å². The molecule has 0 saturated heterocycles. The number of aliphatic imine (C=N–C) groups is 1. The first-order valence-corrected chi connectivity index (χ1v) is 11.1. The van der Waals surface area contributed by atoms with E-state index >= 15 is 0 Å². The highest BCUT2D eigenvalue weighted by atomic mass is 35.5. The third-order valence-corrected chi connectivity index (χ3v) is 5.93. The van der Waals surface area contributed by atoms with Crippen molar-refractivity contribution in [2.24, 2.45) is 34.0 Å². The number of carbonyl (C=O) groups is 3. The van der Waals surface area contributed by atoms with Gasteiger partial charge >= 0.3 is 0 Å².